The Morgan fingerprint density at radius 3 is 2.46 bits per heavy atom. The van der Waals surface area contributed by atoms with E-state index in [2.05, 4.69) is 48.3 Å². The summed E-state index contributed by atoms with van der Waals surface area (Å²) >= 11 is 10.9. The van der Waals surface area contributed by atoms with Gasteiger partial charge in [0.25, 0.3) is 0 Å². The van der Waals surface area contributed by atoms with Crippen molar-refractivity contribution in [2.45, 2.75) is 59.5 Å². The van der Waals surface area contributed by atoms with E-state index in [1.807, 2.05) is 36.4 Å². The Labute approximate surface area is 229 Å². The zero-order chi connectivity index (χ0) is 26.9. The summed E-state index contributed by atoms with van der Waals surface area (Å²) in [7, 11) is 0. The van der Waals surface area contributed by atoms with Crippen LogP contribution >= 0.6 is 24.2 Å². The Morgan fingerprint density at radius 1 is 1.14 bits per heavy atom. The van der Waals surface area contributed by atoms with Crippen LogP contribution in [0, 0.1) is 11.8 Å². The highest BCUT2D eigenvalue weighted by atomic mass is 35.5. The van der Waals surface area contributed by atoms with Crippen LogP contribution in [-0.4, -0.2) is 32.3 Å². The molecule has 0 saturated heterocycles. The van der Waals surface area contributed by atoms with Gasteiger partial charge in [0.2, 0.25) is 5.91 Å². The summed E-state index contributed by atoms with van der Waals surface area (Å²) in [6, 6.07) is 14.8. The minimum atomic E-state index is -0.950. The number of carbonyl (C=O) groups is 2. The molecular formula is C29H36ClN3O3S. The molecule has 0 aliphatic heterocycles. The van der Waals surface area contributed by atoms with Crippen molar-refractivity contribution in [3.05, 3.63) is 76.3 Å². The van der Waals surface area contributed by atoms with Gasteiger partial charge in [-0.2, -0.15) is 12.6 Å². The SMILES string of the molecule is CCCCc1nc(Cl)c(CNC(=O)C(CS)CC(C)C)n1Cc1ccc(-c2ccccc2C(=O)O)cc1. The molecule has 1 heterocycles. The maximum absolute atomic E-state index is 12.8. The average Bonchev–Trinajstić information content (AvgIpc) is 3.18. The molecule has 37 heavy (non-hydrogen) atoms. The number of benzene rings is 2. The molecule has 0 aliphatic carbocycles. The Kier molecular flexibility index (Phi) is 10.6. The fourth-order valence-corrected chi connectivity index (χ4v) is 5.01. The molecule has 0 aliphatic rings. The molecule has 0 saturated carbocycles. The molecule has 2 N–H and O–H groups in total. The molecule has 0 fully saturated rings. The summed E-state index contributed by atoms with van der Waals surface area (Å²) in [5, 5.41) is 13.0. The molecule has 3 rings (SSSR count). The average molecular weight is 542 g/mol. The lowest BCUT2D eigenvalue weighted by Gasteiger charge is -2.18. The van der Waals surface area contributed by atoms with Crippen LogP contribution in [0.2, 0.25) is 5.15 Å². The Balaban J connectivity index is 1.85. The maximum atomic E-state index is 12.8. The summed E-state index contributed by atoms with van der Waals surface area (Å²) in [6.45, 7) is 7.18. The van der Waals surface area contributed by atoms with E-state index < -0.39 is 5.97 Å². The number of rotatable bonds is 13. The molecular weight excluding hydrogens is 506 g/mol. The van der Waals surface area contributed by atoms with E-state index in [1.165, 1.54) is 0 Å². The number of amides is 1. The number of aryl methyl sites for hydroxylation is 1. The van der Waals surface area contributed by atoms with Gasteiger partial charge in [-0.25, -0.2) is 9.78 Å². The Bertz CT molecular complexity index is 1210. The molecule has 3 aromatic rings. The van der Waals surface area contributed by atoms with Gasteiger partial charge in [-0.05, 0) is 41.5 Å². The first kappa shape index (κ1) is 28.8. The molecule has 198 valence electrons. The predicted octanol–water partition coefficient (Wildman–Crippen LogP) is 6.50. The molecule has 0 radical (unpaired) electrons. The highest BCUT2D eigenvalue weighted by Crippen LogP contribution is 2.26. The number of halogens is 1. The van der Waals surface area contributed by atoms with Crippen LogP contribution in [0.3, 0.4) is 0 Å². The molecule has 0 bridgehead atoms. The van der Waals surface area contributed by atoms with Gasteiger partial charge in [-0.15, -0.1) is 0 Å². The number of carbonyl (C=O) groups excluding carboxylic acids is 1. The minimum absolute atomic E-state index is 0.0240. The van der Waals surface area contributed by atoms with Gasteiger partial charge in [-0.1, -0.05) is 81.3 Å². The monoisotopic (exact) mass is 541 g/mol. The van der Waals surface area contributed by atoms with Gasteiger partial charge in [-0.3, -0.25) is 4.79 Å². The van der Waals surface area contributed by atoms with Crippen molar-refractivity contribution in [1.29, 1.82) is 0 Å². The summed E-state index contributed by atoms with van der Waals surface area (Å²) in [4.78, 5) is 29.1. The van der Waals surface area contributed by atoms with Crippen molar-refractivity contribution in [2.75, 3.05) is 5.75 Å². The fourth-order valence-electron chi connectivity index (χ4n) is 4.43. The largest absolute Gasteiger partial charge is 0.478 e. The number of hydrogen-bond acceptors (Lipinski definition) is 4. The number of carboxylic acids is 1. The molecule has 2 aromatic carbocycles. The maximum Gasteiger partial charge on any atom is 0.336 e. The highest BCUT2D eigenvalue weighted by Gasteiger charge is 2.21. The van der Waals surface area contributed by atoms with Crippen molar-refractivity contribution in [1.82, 2.24) is 14.9 Å². The van der Waals surface area contributed by atoms with Crippen molar-refractivity contribution < 1.29 is 14.7 Å². The van der Waals surface area contributed by atoms with E-state index in [4.69, 9.17) is 11.6 Å². The Hall–Kier alpha value is -2.77. The third-order valence-corrected chi connectivity index (χ3v) is 7.14. The molecule has 1 amide bonds. The number of carboxylic acid groups (broad SMARTS) is 1. The van der Waals surface area contributed by atoms with Crippen LogP contribution in [0.25, 0.3) is 11.1 Å². The summed E-state index contributed by atoms with van der Waals surface area (Å²) < 4.78 is 2.09. The number of thiol groups is 1. The normalized spacial score (nSPS) is 12.1. The second-order valence-corrected chi connectivity index (χ2v) is 10.5. The van der Waals surface area contributed by atoms with Crippen LogP contribution in [0.5, 0.6) is 0 Å². The van der Waals surface area contributed by atoms with Crippen LogP contribution in [0.15, 0.2) is 48.5 Å². The molecule has 1 unspecified atom stereocenters. The third-order valence-electron chi connectivity index (χ3n) is 6.40. The summed E-state index contributed by atoms with van der Waals surface area (Å²) in [5.41, 5.74) is 3.60. The van der Waals surface area contributed by atoms with Crippen molar-refractivity contribution in [2.24, 2.45) is 11.8 Å². The second kappa shape index (κ2) is 13.7. The first-order valence-corrected chi connectivity index (χ1v) is 13.8. The van der Waals surface area contributed by atoms with Gasteiger partial charge in [0.15, 0.2) is 5.15 Å². The lowest BCUT2D eigenvalue weighted by molar-refractivity contribution is -0.124. The van der Waals surface area contributed by atoms with Crippen LogP contribution in [-0.2, 0) is 24.3 Å². The van der Waals surface area contributed by atoms with Crippen molar-refractivity contribution in [3.63, 3.8) is 0 Å². The summed E-state index contributed by atoms with van der Waals surface area (Å²) in [5.74, 6) is 0.667. The predicted molar refractivity (Wildman–Crippen MR) is 152 cm³/mol. The lowest BCUT2D eigenvalue weighted by atomic mass is 9.98. The number of hydrogen-bond donors (Lipinski definition) is 3. The number of aromatic carboxylic acids is 1. The van der Waals surface area contributed by atoms with E-state index >= 15 is 0 Å². The number of unbranched alkanes of at least 4 members (excludes halogenated alkanes) is 1. The Morgan fingerprint density at radius 2 is 1.84 bits per heavy atom. The van der Waals surface area contributed by atoms with Crippen molar-refractivity contribution in [3.8, 4) is 11.1 Å². The second-order valence-electron chi connectivity index (χ2n) is 9.73. The van der Waals surface area contributed by atoms with E-state index in [0.29, 0.717) is 35.5 Å². The number of nitrogens with one attached hydrogen (secondary N) is 1. The zero-order valence-electron chi connectivity index (χ0n) is 21.7. The van der Waals surface area contributed by atoms with Gasteiger partial charge in [0.05, 0.1) is 17.8 Å². The zero-order valence-corrected chi connectivity index (χ0v) is 23.4. The lowest BCUT2D eigenvalue weighted by Crippen LogP contribution is -2.33. The van der Waals surface area contributed by atoms with E-state index in [0.717, 1.165) is 48.3 Å². The molecule has 6 nitrogen and oxygen atoms in total. The first-order valence-electron chi connectivity index (χ1n) is 12.8. The third kappa shape index (κ3) is 7.62. The fraction of sp³-hybridized carbons (Fsp3) is 0.414. The topological polar surface area (TPSA) is 84.2 Å². The quantitative estimate of drug-likeness (QED) is 0.216. The molecule has 1 atom stereocenters. The van der Waals surface area contributed by atoms with Crippen molar-refractivity contribution >= 4 is 36.1 Å². The van der Waals surface area contributed by atoms with Crippen LogP contribution in [0.1, 0.15) is 67.5 Å². The summed E-state index contributed by atoms with van der Waals surface area (Å²) in [6.07, 6.45) is 3.59. The highest BCUT2D eigenvalue weighted by molar-refractivity contribution is 7.80. The van der Waals surface area contributed by atoms with Crippen LogP contribution in [0.4, 0.5) is 0 Å². The number of nitrogens with zero attached hydrogens (tertiary/aromatic N) is 2. The number of aromatic nitrogens is 2. The minimum Gasteiger partial charge on any atom is -0.478 e. The number of imidazole rings is 1. The molecule has 8 heteroatoms. The molecule has 1 aromatic heterocycles. The van der Waals surface area contributed by atoms with Gasteiger partial charge in [0.1, 0.15) is 5.82 Å². The van der Waals surface area contributed by atoms with Crippen LogP contribution < -0.4 is 5.32 Å². The van der Waals surface area contributed by atoms with E-state index in [-0.39, 0.29) is 17.4 Å². The standard InChI is InChI=1S/C29H36ClN3O3S/c1-4-5-10-26-32-27(30)25(16-31-28(34)22(18-37)15-19(2)3)33(26)17-20-11-13-21(14-12-20)23-8-6-7-9-24(23)29(35)36/h6-9,11-14,19,22,37H,4-5,10,15-18H2,1-3H3,(H,31,34)(H,35,36). The van der Waals surface area contributed by atoms with Gasteiger partial charge in [0, 0.05) is 24.6 Å². The van der Waals surface area contributed by atoms with E-state index in [1.54, 1.807) is 12.1 Å². The van der Waals surface area contributed by atoms with Gasteiger partial charge >= 0.3 is 5.97 Å². The van der Waals surface area contributed by atoms with E-state index in [9.17, 15) is 14.7 Å². The smallest absolute Gasteiger partial charge is 0.336 e. The first-order chi connectivity index (χ1) is 17.7. The molecule has 0 spiro atoms. The van der Waals surface area contributed by atoms with Gasteiger partial charge < -0.3 is 15.0 Å².